The number of benzene rings is 1. The number of nitrogens with one attached hydrogen (secondary N) is 2. The molecule has 0 saturated carbocycles. The van der Waals surface area contributed by atoms with Crippen LogP contribution in [0.1, 0.15) is 0 Å². The molecule has 124 valence electrons. The molecule has 1 aliphatic heterocycles. The molecule has 0 bridgehead atoms. The molecule has 8 heteroatoms. The monoisotopic (exact) mass is 349 g/mol. The Bertz CT molecular complexity index is 1010. The SMILES string of the molecule is Nc1nc(NC2=CC3NC=CC3C=C2)nn1-c1nc2ccccc2s1. The van der Waals surface area contributed by atoms with Crippen LogP contribution in [0.15, 0.2) is 60.5 Å². The van der Waals surface area contributed by atoms with Gasteiger partial charge in [0, 0.05) is 11.6 Å². The third kappa shape index (κ3) is 2.47. The summed E-state index contributed by atoms with van der Waals surface area (Å²) < 4.78 is 2.66. The fraction of sp³-hybridized carbons (Fsp3) is 0.118. The van der Waals surface area contributed by atoms with Crippen molar-refractivity contribution in [3.63, 3.8) is 0 Å². The second kappa shape index (κ2) is 5.45. The van der Waals surface area contributed by atoms with Gasteiger partial charge in [0.15, 0.2) is 0 Å². The van der Waals surface area contributed by atoms with Crippen molar-refractivity contribution in [1.29, 1.82) is 0 Å². The van der Waals surface area contributed by atoms with Crippen LogP contribution in [0.2, 0.25) is 0 Å². The molecule has 25 heavy (non-hydrogen) atoms. The van der Waals surface area contributed by atoms with Crippen LogP contribution < -0.4 is 16.4 Å². The number of nitrogens with two attached hydrogens (primary N) is 1. The fourth-order valence-electron chi connectivity index (χ4n) is 3.00. The number of nitrogens with zero attached hydrogens (tertiary/aromatic N) is 4. The zero-order valence-electron chi connectivity index (χ0n) is 13.1. The van der Waals surface area contributed by atoms with Crippen LogP contribution in [-0.4, -0.2) is 25.8 Å². The van der Waals surface area contributed by atoms with Crippen molar-refractivity contribution in [1.82, 2.24) is 25.1 Å². The highest BCUT2D eigenvalue weighted by Gasteiger charge is 2.22. The van der Waals surface area contributed by atoms with Gasteiger partial charge in [-0.15, -0.1) is 5.10 Å². The van der Waals surface area contributed by atoms with Gasteiger partial charge in [-0.05, 0) is 30.5 Å². The Balaban J connectivity index is 1.43. The van der Waals surface area contributed by atoms with Gasteiger partial charge in [-0.25, -0.2) is 4.98 Å². The van der Waals surface area contributed by atoms with E-state index in [0.717, 1.165) is 15.9 Å². The molecule has 0 spiro atoms. The molecule has 0 fully saturated rings. The number of hydrogen-bond acceptors (Lipinski definition) is 7. The lowest BCUT2D eigenvalue weighted by Crippen LogP contribution is -2.26. The number of allylic oxidation sites excluding steroid dienone is 1. The summed E-state index contributed by atoms with van der Waals surface area (Å²) in [4.78, 5) is 8.88. The standard InChI is InChI=1S/C17H15N7S/c18-15-22-16(20-11-6-5-10-7-8-19-13(10)9-11)23-24(15)17-21-12-3-1-2-4-14(12)25-17/h1-10,13,19H,(H3,18,20,22,23). The summed E-state index contributed by atoms with van der Waals surface area (Å²) >= 11 is 1.53. The summed E-state index contributed by atoms with van der Waals surface area (Å²) in [6, 6.07) is 8.22. The van der Waals surface area contributed by atoms with Crippen LogP contribution in [0.3, 0.4) is 0 Å². The molecular weight excluding hydrogens is 334 g/mol. The largest absolute Gasteiger partial charge is 0.384 e. The van der Waals surface area contributed by atoms with Gasteiger partial charge in [-0.2, -0.15) is 9.67 Å². The van der Waals surface area contributed by atoms with E-state index in [1.54, 1.807) is 4.68 Å². The van der Waals surface area contributed by atoms with Crippen molar-refractivity contribution in [3.8, 4) is 5.13 Å². The van der Waals surface area contributed by atoms with Crippen molar-refractivity contribution in [3.05, 3.63) is 60.5 Å². The average molecular weight is 349 g/mol. The molecular formula is C17H15N7S. The molecule has 2 atom stereocenters. The number of rotatable bonds is 3. The number of anilines is 2. The predicted molar refractivity (Wildman–Crippen MR) is 99.3 cm³/mol. The van der Waals surface area contributed by atoms with Crippen molar-refractivity contribution in [2.75, 3.05) is 11.1 Å². The fourth-order valence-corrected chi connectivity index (χ4v) is 3.92. The van der Waals surface area contributed by atoms with E-state index in [1.807, 2.05) is 36.5 Å². The van der Waals surface area contributed by atoms with Crippen LogP contribution in [0.4, 0.5) is 11.9 Å². The first-order valence-electron chi connectivity index (χ1n) is 7.94. The Labute approximate surface area is 147 Å². The molecule has 4 N–H and O–H groups in total. The lowest BCUT2D eigenvalue weighted by Gasteiger charge is -2.18. The van der Waals surface area contributed by atoms with Crippen molar-refractivity contribution < 1.29 is 0 Å². The van der Waals surface area contributed by atoms with Crippen LogP contribution in [0.5, 0.6) is 0 Å². The zero-order valence-corrected chi connectivity index (χ0v) is 13.9. The molecule has 2 aromatic heterocycles. The maximum atomic E-state index is 6.04. The third-order valence-electron chi connectivity index (χ3n) is 4.23. The van der Waals surface area contributed by atoms with Crippen molar-refractivity contribution >= 4 is 33.5 Å². The lowest BCUT2D eigenvalue weighted by molar-refractivity contribution is 0.645. The molecule has 0 radical (unpaired) electrons. The number of thiazole rings is 1. The smallest absolute Gasteiger partial charge is 0.248 e. The van der Waals surface area contributed by atoms with Gasteiger partial charge in [-0.3, -0.25) is 0 Å². The number of aromatic nitrogens is 4. The van der Waals surface area contributed by atoms with Gasteiger partial charge in [-0.1, -0.05) is 35.6 Å². The van der Waals surface area contributed by atoms with Crippen LogP contribution in [-0.2, 0) is 0 Å². The number of hydrogen-bond donors (Lipinski definition) is 3. The molecule has 5 rings (SSSR count). The molecule has 1 aliphatic carbocycles. The quantitative estimate of drug-likeness (QED) is 0.672. The number of nitrogen functional groups attached to an aromatic ring is 1. The maximum absolute atomic E-state index is 6.04. The molecule has 2 unspecified atom stereocenters. The first-order valence-corrected chi connectivity index (χ1v) is 8.76. The molecule has 0 saturated heterocycles. The van der Waals surface area contributed by atoms with E-state index in [2.05, 4.69) is 43.9 Å². The van der Waals surface area contributed by atoms with Gasteiger partial charge in [0.1, 0.15) is 0 Å². The van der Waals surface area contributed by atoms with Crippen LogP contribution >= 0.6 is 11.3 Å². The summed E-state index contributed by atoms with van der Waals surface area (Å²) in [7, 11) is 0. The highest BCUT2D eigenvalue weighted by Crippen LogP contribution is 2.27. The Kier molecular flexibility index (Phi) is 3.10. The normalized spacial score (nSPS) is 21.2. The van der Waals surface area contributed by atoms with E-state index < -0.39 is 0 Å². The minimum absolute atomic E-state index is 0.274. The summed E-state index contributed by atoms with van der Waals surface area (Å²) in [6.07, 6.45) is 10.4. The minimum atomic E-state index is 0.274. The first-order chi connectivity index (χ1) is 12.3. The zero-order chi connectivity index (χ0) is 16.8. The second-order valence-electron chi connectivity index (χ2n) is 5.90. The molecule has 3 heterocycles. The predicted octanol–water partition coefficient (Wildman–Crippen LogP) is 2.43. The molecule has 7 nitrogen and oxygen atoms in total. The maximum Gasteiger partial charge on any atom is 0.248 e. The van der Waals surface area contributed by atoms with E-state index in [9.17, 15) is 0 Å². The minimum Gasteiger partial charge on any atom is -0.384 e. The first kappa shape index (κ1) is 14.2. The summed E-state index contributed by atoms with van der Waals surface area (Å²) in [6.45, 7) is 0. The summed E-state index contributed by atoms with van der Waals surface area (Å²) in [5.74, 6) is 1.17. The Morgan fingerprint density at radius 2 is 2.12 bits per heavy atom. The molecule has 1 aromatic carbocycles. The third-order valence-corrected chi connectivity index (χ3v) is 5.24. The van der Waals surface area contributed by atoms with E-state index in [4.69, 9.17) is 5.73 Å². The second-order valence-corrected chi connectivity index (χ2v) is 6.91. The van der Waals surface area contributed by atoms with E-state index in [-0.39, 0.29) is 6.04 Å². The van der Waals surface area contributed by atoms with E-state index in [0.29, 0.717) is 22.9 Å². The molecule has 2 aliphatic rings. The Morgan fingerprint density at radius 1 is 1.20 bits per heavy atom. The van der Waals surface area contributed by atoms with Crippen LogP contribution in [0.25, 0.3) is 15.3 Å². The van der Waals surface area contributed by atoms with E-state index >= 15 is 0 Å². The molecule has 3 aromatic rings. The van der Waals surface area contributed by atoms with E-state index in [1.165, 1.54) is 11.3 Å². The van der Waals surface area contributed by atoms with Gasteiger partial charge >= 0.3 is 0 Å². The van der Waals surface area contributed by atoms with Gasteiger partial charge in [0.2, 0.25) is 17.0 Å². The number of para-hydroxylation sites is 1. The van der Waals surface area contributed by atoms with Gasteiger partial charge in [0.05, 0.1) is 16.3 Å². The topological polar surface area (TPSA) is 93.7 Å². The Hall–Kier alpha value is -3.13. The van der Waals surface area contributed by atoms with Crippen LogP contribution in [0, 0.1) is 5.92 Å². The Morgan fingerprint density at radius 3 is 3.04 bits per heavy atom. The van der Waals surface area contributed by atoms with Crippen molar-refractivity contribution in [2.45, 2.75) is 6.04 Å². The van der Waals surface area contributed by atoms with Crippen molar-refractivity contribution in [2.24, 2.45) is 5.92 Å². The summed E-state index contributed by atoms with van der Waals surface area (Å²) in [5, 5.41) is 11.7. The lowest BCUT2D eigenvalue weighted by atomic mass is 9.96. The molecule has 0 amide bonds. The number of fused-ring (bicyclic) bond motifs is 2. The highest BCUT2D eigenvalue weighted by atomic mass is 32.1. The van der Waals surface area contributed by atoms with Gasteiger partial charge < -0.3 is 16.4 Å². The van der Waals surface area contributed by atoms with Gasteiger partial charge in [0.25, 0.3) is 0 Å². The highest BCUT2D eigenvalue weighted by molar-refractivity contribution is 7.20. The average Bonchev–Trinajstić information content (AvgIpc) is 3.31. The summed E-state index contributed by atoms with van der Waals surface area (Å²) in [5.41, 5.74) is 7.91.